The SMILES string of the molecule is Cc1cn(C2C[C@H]3O[C@H]3[C@H](O)[C@@H](CO)O2)c(=S)[nH]c1=O. The smallest absolute Gasteiger partial charge is 0.254 e. The van der Waals surface area contributed by atoms with E-state index in [4.69, 9.17) is 21.7 Å². The normalized spacial score (nSPS) is 36.2. The molecule has 2 saturated heterocycles. The minimum absolute atomic E-state index is 0.110. The number of aromatic amines is 1. The summed E-state index contributed by atoms with van der Waals surface area (Å²) in [5, 5.41) is 19.3. The van der Waals surface area contributed by atoms with Crippen LogP contribution < -0.4 is 5.56 Å². The van der Waals surface area contributed by atoms with Crippen LogP contribution in [0.1, 0.15) is 18.2 Å². The molecule has 2 aliphatic rings. The first-order valence-corrected chi connectivity index (χ1v) is 6.84. The maximum absolute atomic E-state index is 11.5. The van der Waals surface area contributed by atoms with Crippen LogP contribution in [-0.4, -0.2) is 50.8 Å². The standard InChI is InChI=1S/C12H16N2O5S/c1-5-3-14(12(20)13-11(5)17)8-2-6-10(19-6)9(16)7(4-15)18-8/h3,6-10,15-16H,2,4H2,1H3,(H,13,17,20)/t6-,7-,8?,9-,10-/m1/s1. The van der Waals surface area contributed by atoms with Gasteiger partial charge >= 0.3 is 0 Å². The van der Waals surface area contributed by atoms with Crippen LogP contribution in [0.2, 0.25) is 0 Å². The van der Waals surface area contributed by atoms with Crippen molar-refractivity contribution in [1.82, 2.24) is 9.55 Å². The van der Waals surface area contributed by atoms with Crippen LogP contribution >= 0.6 is 12.2 Å². The Morgan fingerprint density at radius 3 is 3.00 bits per heavy atom. The fourth-order valence-electron chi connectivity index (χ4n) is 2.52. The van der Waals surface area contributed by atoms with Crippen molar-refractivity contribution in [3.63, 3.8) is 0 Å². The Hall–Kier alpha value is -1.06. The quantitative estimate of drug-likeness (QED) is 0.509. The number of aliphatic hydroxyl groups excluding tert-OH is 2. The molecule has 8 heteroatoms. The van der Waals surface area contributed by atoms with E-state index < -0.39 is 18.4 Å². The van der Waals surface area contributed by atoms with Gasteiger partial charge in [0, 0.05) is 18.2 Å². The van der Waals surface area contributed by atoms with Gasteiger partial charge in [0.1, 0.15) is 24.5 Å². The molecule has 0 amide bonds. The third-order valence-corrected chi connectivity index (χ3v) is 4.05. The van der Waals surface area contributed by atoms with Gasteiger partial charge in [0.05, 0.1) is 12.7 Å². The molecule has 3 heterocycles. The van der Waals surface area contributed by atoms with Crippen molar-refractivity contribution in [3.05, 3.63) is 26.9 Å². The molecule has 2 aliphatic heterocycles. The van der Waals surface area contributed by atoms with E-state index in [9.17, 15) is 15.0 Å². The third-order valence-electron chi connectivity index (χ3n) is 3.74. The van der Waals surface area contributed by atoms with Crippen LogP contribution in [-0.2, 0) is 9.47 Å². The monoisotopic (exact) mass is 300 g/mol. The largest absolute Gasteiger partial charge is 0.394 e. The Kier molecular flexibility index (Phi) is 3.51. The van der Waals surface area contributed by atoms with Crippen molar-refractivity contribution in [1.29, 1.82) is 0 Å². The Balaban J connectivity index is 1.95. The van der Waals surface area contributed by atoms with Gasteiger partial charge in [-0.1, -0.05) is 0 Å². The number of hydrogen-bond acceptors (Lipinski definition) is 6. The van der Waals surface area contributed by atoms with Gasteiger partial charge in [0.2, 0.25) is 0 Å². The van der Waals surface area contributed by atoms with Crippen LogP contribution in [0.5, 0.6) is 0 Å². The number of aliphatic hydroxyl groups is 2. The van der Waals surface area contributed by atoms with Gasteiger partial charge in [-0.05, 0) is 19.1 Å². The molecule has 0 bridgehead atoms. The number of H-pyrrole nitrogens is 1. The van der Waals surface area contributed by atoms with Crippen molar-refractivity contribution >= 4 is 12.2 Å². The van der Waals surface area contributed by atoms with E-state index in [-0.39, 0.29) is 29.1 Å². The van der Waals surface area contributed by atoms with Gasteiger partial charge in [0.25, 0.3) is 5.56 Å². The van der Waals surface area contributed by atoms with Crippen LogP contribution in [0.3, 0.4) is 0 Å². The minimum Gasteiger partial charge on any atom is -0.394 e. The van der Waals surface area contributed by atoms with Gasteiger partial charge in [0.15, 0.2) is 4.77 Å². The molecule has 1 aromatic heterocycles. The summed E-state index contributed by atoms with van der Waals surface area (Å²) >= 11 is 5.14. The Labute approximate surface area is 119 Å². The van der Waals surface area contributed by atoms with Crippen molar-refractivity contribution < 1.29 is 19.7 Å². The van der Waals surface area contributed by atoms with E-state index in [0.717, 1.165) is 0 Å². The van der Waals surface area contributed by atoms with E-state index in [1.807, 2.05) is 0 Å². The fraction of sp³-hybridized carbons (Fsp3) is 0.667. The zero-order valence-electron chi connectivity index (χ0n) is 10.9. The first-order valence-electron chi connectivity index (χ1n) is 6.43. The second-order valence-corrected chi connectivity index (χ2v) is 5.54. The highest BCUT2D eigenvalue weighted by Gasteiger charge is 2.52. The highest BCUT2D eigenvalue weighted by molar-refractivity contribution is 7.71. The molecule has 20 heavy (non-hydrogen) atoms. The summed E-state index contributed by atoms with van der Waals surface area (Å²) < 4.78 is 13.0. The number of epoxide rings is 1. The average Bonchev–Trinajstić information content (AvgIpc) is 3.17. The van der Waals surface area contributed by atoms with Crippen molar-refractivity contribution in [2.75, 3.05) is 6.61 Å². The number of nitrogens with one attached hydrogen (secondary N) is 1. The number of hydrogen-bond donors (Lipinski definition) is 3. The maximum Gasteiger partial charge on any atom is 0.254 e. The fourth-order valence-corrected chi connectivity index (χ4v) is 2.79. The van der Waals surface area contributed by atoms with E-state index in [1.165, 1.54) is 0 Å². The molecule has 7 nitrogen and oxygen atoms in total. The maximum atomic E-state index is 11.5. The summed E-state index contributed by atoms with van der Waals surface area (Å²) in [6.45, 7) is 1.37. The molecule has 0 aromatic carbocycles. The predicted octanol–water partition coefficient (Wildman–Crippen LogP) is -0.378. The van der Waals surface area contributed by atoms with Crippen LogP contribution in [0.15, 0.2) is 11.0 Å². The average molecular weight is 300 g/mol. The lowest BCUT2D eigenvalue weighted by molar-refractivity contribution is -0.128. The van der Waals surface area contributed by atoms with Crippen LogP contribution in [0.25, 0.3) is 0 Å². The van der Waals surface area contributed by atoms with Crippen molar-refractivity contribution in [3.8, 4) is 0 Å². The molecule has 0 radical (unpaired) electrons. The second-order valence-electron chi connectivity index (χ2n) is 5.16. The lowest BCUT2D eigenvalue weighted by atomic mass is 10.1. The van der Waals surface area contributed by atoms with Gasteiger partial charge in [-0.3, -0.25) is 14.3 Å². The summed E-state index contributed by atoms with van der Waals surface area (Å²) in [6, 6.07) is 0. The number of rotatable bonds is 2. The predicted molar refractivity (Wildman–Crippen MR) is 70.9 cm³/mol. The zero-order valence-corrected chi connectivity index (χ0v) is 11.7. The molecular formula is C12H16N2O5S. The van der Waals surface area contributed by atoms with Gasteiger partial charge < -0.3 is 19.7 Å². The molecule has 0 spiro atoms. The van der Waals surface area contributed by atoms with E-state index in [1.54, 1.807) is 17.7 Å². The summed E-state index contributed by atoms with van der Waals surface area (Å²) in [7, 11) is 0. The number of nitrogens with zero attached hydrogens (tertiary/aromatic N) is 1. The molecule has 5 atom stereocenters. The minimum atomic E-state index is -0.854. The Bertz CT molecular complexity index is 627. The molecular weight excluding hydrogens is 284 g/mol. The second kappa shape index (κ2) is 5.05. The van der Waals surface area contributed by atoms with Gasteiger partial charge in [-0.25, -0.2) is 0 Å². The molecule has 3 N–H and O–H groups in total. The number of aromatic nitrogens is 2. The Morgan fingerprint density at radius 1 is 1.55 bits per heavy atom. The summed E-state index contributed by atoms with van der Waals surface area (Å²) in [6.07, 6.45) is -0.342. The molecule has 0 saturated carbocycles. The molecule has 110 valence electrons. The van der Waals surface area contributed by atoms with E-state index in [2.05, 4.69) is 4.98 Å². The topological polar surface area (TPSA) is 100 Å². The lowest BCUT2D eigenvalue weighted by Crippen LogP contribution is -2.37. The third kappa shape index (κ3) is 2.33. The van der Waals surface area contributed by atoms with E-state index >= 15 is 0 Å². The number of aryl methyl sites for hydroxylation is 1. The van der Waals surface area contributed by atoms with Crippen molar-refractivity contribution in [2.45, 2.75) is 44.0 Å². The van der Waals surface area contributed by atoms with Crippen LogP contribution in [0, 0.1) is 11.7 Å². The van der Waals surface area contributed by atoms with Gasteiger partial charge in [-0.2, -0.15) is 0 Å². The molecule has 3 rings (SSSR count). The summed E-state index contributed by atoms with van der Waals surface area (Å²) in [5.41, 5.74) is 0.278. The molecule has 1 aromatic rings. The van der Waals surface area contributed by atoms with Gasteiger partial charge in [-0.15, -0.1) is 0 Å². The number of fused-ring (bicyclic) bond motifs is 1. The summed E-state index contributed by atoms with van der Waals surface area (Å²) in [4.78, 5) is 14.1. The highest BCUT2D eigenvalue weighted by atomic mass is 32.1. The summed E-state index contributed by atoms with van der Waals surface area (Å²) in [5.74, 6) is 0. The van der Waals surface area contributed by atoms with Crippen molar-refractivity contribution in [2.24, 2.45) is 0 Å². The lowest BCUT2D eigenvalue weighted by Gasteiger charge is -2.25. The molecule has 2 fully saturated rings. The molecule has 0 aliphatic carbocycles. The first-order chi connectivity index (χ1) is 9.51. The number of ether oxygens (including phenoxy) is 2. The van der Waals surface area contributed by atoms with Crippen LogP contribution in [0.4, 0.5) is 0 Å². The highest BCUT2D eigenvalue weighted by Crippen LogP contribution is 2.39. The first kappa shape index (κ1) is 13.9. The molecule has 1 unspecified atom stereocenters. The zero-order chi connectivity index (χ0) is 14.4. The Morgan fingerprint density at radius 2 is 2.30 bits per heavy atom. The van der Waals surface area contributed by atoms with E-state index in [0.29, 0.717) is 12.0 Å².